The molecule has 0 aromatic rings. The second-order valence-electron chi connectivity index (χ2n) is 5.11. The van der Waals surface area contributed by atoms with Crippen LogP contribution in [0.2, 0.25) is 0 Å². The van der Waals surface area contributed by atoms with E-state index < -0.39 is 5.54 Å². The van der Waals surface area contributed by atoms with Crippen LogP contribution in [0.4, 0.5) is 4.79 Å². The summed E-state index contributed by atoms with van der Waals surface area (Å²) in [7, 11) is 1.62. The molecule has 8 heteroatoms. The van der Waals surface area contributed by atoms with E-state index in [1.54, 1.807) is 7.11 Å². The van der Waals surface area contributed by atoms with Crippen molar-refractivity contribution in [2.75, 3.05) is 59.8 Å². The Labute approximate surface area is 124 Å². The van der Waals surface area contributed by atoms with Crippen LogP contribution in [0.3, 0.4) is 0 Å². The molecule has 120 valence electrons. The predicted molar refractivity (Wildman–Crippen MR) is 74.0 cm³/mol. The van der Waals surface area contributed by atoms with Gasteiger partial charge in [-0.15, -0.1) is 0 Å². The summed E-state index contributed by atoms with van der Waals surface area (Å²) in [6, 6.07) is -0.330. The van der Waals surface area contributed by atoms with E-state index in [0.29, 0.717) is 46.0 Å². The average Bonchev–Trinajstić information content (AvgIpc) is 3.02. The van der Waals surface area contributed by atoms with Crippen molar-refractivity contribution in [1.29, 1.82) is 0 Å². The maximum Gasteiger partial charge on any atom is 0.325 e. The van der Waals surface area contributed by atoms with Crippen LogP contribution in [0.5, 0.6) is 0 Å². The van der Waals surface area contributed by atoms with Crippen LogP contribution in [0.1, 0.15) is 6.42 Å². The SMILES string of the molecule is COCCOCCOCCN1C(=O)NC2(CCNC2)C1=O. The second kappa shape index (κ2) is 7.69. The highest BCUT2D eigenvalue weighted by atomic mass is 16.5. The summed E-state index contributed by atoms with van der Waals surface area (Å²) in [6.07, 6.45) is 0.641. The van der Waals surface area contributed by atoms with Gasteiger partial charge in [-0.05, 0) is 13.0 Å². The number of urea groups is 1. The number of imide groups is 1. The fraction of sp³-hybridized carbons (Fsp3) is 0.846. The van der Waals surface area contributed by atoms with Gasteiger partial charge >= 0.3 is 6.03 Å². The largest absolute Gasteiger partial charge is 0.382 e. The summed E-state index contributed by atoms with van der Waals surface area (Å²) in [5.74, 6) is -0.155. The lowest BCUT2D eigenvalue weighted by Gasteiger charge is -2.19. The fourth-order valence-corrected chi connectivity index (χ4v) is 2.48. The average molecular weight is 301 g/mol. The zero-order chi connectivity index (χ0) is 15.1. The minimum atomic E-state index is -0.736. The first-order valence-electron chi connectivity index (χ1n) is 7.19. The summed E-state index contributed by atoms with van der Waals surface area (Å²) in [4.78, 5) is 25.4. The summed E-state index contributed by atoms with van der Waals surface area (Å²) in [5, 5.41) is 5.89. The second-order valence-corrected chi connectivity index (χ2v) is 5.11. The Morgan fingerprint density at radius 1 is 1.14 bits per heavy atom. The Balaban J connectivity index is 1.62. The molecule has 0 aromatic carbocycles. The molecule has 2 fully saturated rings. The van der Waals surface area contributed by atoms with E-state index in [9.17, 15) is 9.59 Å². The van der Waals surface area contributed by atoms with Crippen molar-refractivity contribution < 1.29 is 23.8 Å². The van der Waals surface area contributed by atoms with Crippen molar-refractivity contribution in [3.05, 3.63) is 0 Å². The summed E-state index contributed by atoms with van der Waals surface area (Å²) in [5.41, 5.74) is -0.736. The van der Waals surface area contributed by atoms with Gasteiger partial charge in [-0.3, -0.25) is 9.69 Å². The Kier molecular flexibility index (Phi) is 5.92. The Hall–Kier alpha value is -1.22. The lowest BCUT2D eigenvalue weighted by atomic mass is 9.99. The highest BCUT2D eigenvalue weighted by Gasteiger charge is 2.52. The van der Waals surface area contributed by atoms with Crippen molar-refractivity contribution in [2.45, 2.75) is 12.0 Å². The molecule has 0 bridgehead atoms. The third-order valence-electron chi connectivity index (χ3n) is 3.66. The Morgan fingerprint density at radius 2 is 1.86 bits per heavy atom. The molecule has 8 nitrogen and oxygen atoms in total. The van der Waals surface area contributed by atoms with E-state index in [-0.39, 0.29) is 18.5 Å². The van der Waals surface area contributed by atoms with Crippen LogP contribution in [0, 0.1) is 0 Å². The van der Waals surface area contributed by atoms with Crippen LogP contribution < -0.4 is 10.6 Å². The number of methoxy groups -OCH3 is 1. The smallest absolute Gasteiger partial charge is 0.325 e. The molecule has 2 aliphatic heterocycles. The molecular weight excluding hydrogens is 278 g/mol. The highest BCUT2D eigenvalue weighted by Crippen LogP contribution is 2.23. The van der Waals surface area contributed by atoms with E-state index in [4.69, 9.17) is 14.2 Å². The number of amides is 3. The topological polar surface area (TPSA) is 89.1 Å². The van der Waals surface area contributed by atoms with E-state index in [1.165, 1.54) is 4.90 Å². The first-order valence-corrected chi connectivity index (χ1v) is 7.19. The Morgan fingerprint density at radius 3 is 2.52 bits per heavy atom. The van der Waals surface area contributed by atoms with Gasteiger partial charge in [0.2, 0.25) is 0 Å². The number of nitrogens with one attached hydrogen (secondary N) is 2. The van der Waals surface area contributed by atoms with E-state index in [2.05, 4.69) is 10.6 Å². The molecule has 2 N–H and O–H groups in total. The third kappa shape index (κ3) is 3.91. The number of carbonyl (C=O) groups excluding carboxylic acids is 2. The van der Waals surface area contributed by atoms with E-state index >= 15 is 0 Å². The number of rotatable bonds is 9. The molecule has 21 heavy (non-hydrogen) atoms. The van der Waals surface area contributed by atoms with Crippen LogP contribution in [-0.4, -0.2) is 82.2 Å². The first kappa shape index (κ1) is 16.2. The maximum absolute atomic E-state index is 12.3. The number of ether oxygens (including phenoxy) is 3. The molecule has 0 radical (unpaired) electrons. The Bertz CT molecular complexity index is 371. The number of hydrogen-bond acceptors (Lipinski definition) is 6. The van der Waals surface area contributed by atoms with Gasteiger partial charge in [-0.2, -0.15) is 0 Å². The maximum atomic E-state index is 12.3. The van der Waals surface area contributed by atoms with Crippen molar-refractivity contribution >= 4 is 11.9 Å². The summed E-state index contributed by atoms with van der Waals surface area (Å²) >= 11 is 0. The molecule has 2 rings (SSSR count). The van der Waals surface area contributed by atoms with Crippen molar-refractivity contribution in [2.24, 2.45) is 0 Å². The molecule has 0 aromatic heterocycles. The van der Waals surface area contributed by atoms with Gasteiger partial charge in [0.15, 0.2) is 0 Å². The zero-order valence-electron chi connectivity index (χ0n) is 12.4. The molecule has 1 unspecified atom stereocenters. The molecule has 2 aliphatic rings. The van der Waals surface area contributed by atoms with Crippen LogP contribution in [0.15, 0.2) is 0 Å². The van der Waals surface area contributed by atoms with Gasteiger partial charge in [0, 0.05) is 13.7 Å². The molecule has 3 amide bonds. The molecule has 0 saturated carbocycles. The lowest BCUT2D eigenvalue weighted by Crippen LogP contribution is -2.48. The molecule has 2 saturated heterocycles. The van der Waals surface area contributed by atoms with Gasteiger partial charge in [-0.1, -0.05) is 0 Å². The van der Waals surface area contributed by atoms with Crippen molar-refractivity contribution in [3.8, 4) is 0 Å². The van der Waals surface area contributed by atoms with Crippen LogP contribution >= 0.6 is 0 Å². The first-order chi connectivity index (χ1) is 10.2. The zero-order valence-corrected chi connectivity index (χ0v) is 12.4. The predicted octanol–water partition coefficient (Wildman–Crippen LogP) is -1.05. The van der Waals surface area contributed by atoms with Gasteiger partial charge in [0.25, 0.3) is 5.91 Å². The quantitative estimate of drug-likeness (QED) is 0.417. The van der Waals surface area contributed by atoms with Crippen molar-refractivity contribution in [1.82, 2.24) is 15.5 Å². The lowest BCUT2D eigenvalue weighted by molar-refractivity contribution is -0.131. The minimum absolute atomic E-state index is 0.155. The summed E-state index contributed by atoms with van der Waals surface area (Å²) < 4.78 is 15.5. The van der Waals surface area contributed by atoms with Gasteiger partial charge in [0.05, 0.1) is 39.6 Å². The molecule has 0 aliphatic carbocycles. The molecular formula is C13H23N3O5. The summed E-state index contributed by atoms with van der Waals surface area (Å²) in [6.45, 7) is 3.82. The highest BCUT2D eigenvalue weighted by molar-refractivity contribution is 6.07. The third-order valence-corrected chi connectivity index (χ3v) is 3.66. The number of carbonyl (C=O) groups is 2. The number of nitrogens with zero attached hydrogens (tertiary/aromatic N) is 1. The normalized spacial score (nSPS) is 25.1. The standard InChI is InChI=1S/C13H23N3O5/c1-19-6-7-21-9-8-20-5-4-16-11(17)13(15-12(16)18)2-3-14-10-13/h14H,2-10H2,1H3,(H,15,18). The monoisotopic (exact) mass is 301 g/mol. The van der Waals surface area contributed by atoms with Crippen LogP contribution in [0.25, 0.3) is 0 Å². The van der Waals surface area contributed by atoms with Gasteiger partial charge in [0.1, 0.15) is 5.54 Å². The van der Waals surface area contributed by atoms with Crippen molar-refractivity contribution in [3.63, 3.8) is 0 Å². The number of hydrogen-bond donors (Lipinski definition) is 2. The minimum Gasteiger partial charge on any atom is -0.382 e. The van der Waals surface area contributed by atoms with Crippen LogP contribution in [-0.2, 0) is 19.0 Å². The van der Waals surface area contributed by atoms with E-state index in [0.717, 1.165) is 6.54 Å². The fourth-order valence-electron chi connectivity index (χ4n) is 2.48. The molecule has 1 spiro atoms. The molecule has 1 atom stereocenters. The van der Waals surface area contributed by atoms with Gasteiger partial charge in [-0.25, -0.2) is 4.79 Å². The molecule has 2 heterocycles. The van der Waals surface area contributed by atoms with Gasteiger partial charge < -0.3 is 24.8 Å². The van der Waals surface area contributed by atoms with E-state index in [1.807, 2.05) is 0 Å².